The van der Waals surface area contributed by atoms with Crippen molar-refractivity contribution in [2.45, 2.75) is 26.2 Å². The molecule has 0 saturated heterocycles. The van der Waals surface area contributed by atoms with E-state index in [4.69, 9.17) is 0 Å². The molecule has 0 heterocycles. The summed E-state index contributed by atoms with van der Waals surface area (Å²) in [5, 5.41) is 6.99. The quantitative estimate of drug-likeness (QED) is 0.704. The lowest BCUT2D eigenvalue weighted by molar-refractivity contribution is 0.504. The van der Waals surface area contributed by atoms with Gasteiger partial charge in [-0.1, -0.05) is 38.1 Å². The molecule has 0 radical (unpaired) electrons. The molecule has 2 N–H and O–H groups in total. The predicted octanol–water partition coefficient (Wildman–Crippen LogP) is 2.16. The molecule has 2 rings (SSSR count). The third kappa shape index (κ3) is 3.55. The van der Waals surface area contributed by atoms with E-state index < -0.39 is 0 Å². The van der Waals surface area contributed by atoms with Gasteiger partial charge < -0.3 is 10.6 Å². The summed E-state index contributed by atoms with van der Waals surface area (Å²) in [5.41, 5.74) is 3.09. The molecule has 1 aromatic rings. The fourth-order valence-electron chi connectivity index (χ4n) is 2.39. The topological polar surface area (TPSA) is 24.1 Å². The van der Waals surface area contributed by atoms with Gasteiger partial charge in [-0.15, -0.1) is 0 Å². The van der Waals surface area contributed by atoms with Crippen LogP contribution in [0.5, 0.6) is 0 Å². The van der Waals surface area contributed by atoms with E-state index in [9.17, 15) is 0 Å². The van der Waals surface area contributed by atoms with Gasteiger partial charge in [0.25, 0.3) is 0 Å². The first-order chi connectivity index (χ1) is 8.27. The normalized spacial score (nSPS) is 17.9. The minimum Gasteiger partial charge on any atom is -0.315 e. The van der Waals surface area contributed by atoms with E-state index in [1.165, 1.54) is 12.0 Å². The first-order valence-corrected chi connectivity index (χ1v) is 6.76. The number of rotatable bonds is 7. The summed E-state index contributed by atoms with van der Waals surface area (Å²) in [6.45, 7) is 8.88. The maximum atomic E-state index is 3.54. The summed E-state index contributed by atoms with van der Waals surface area (Å²) in [4.78, 5) is 0. The molecule has 0 aliphatic heterocycles. The lowest BCUT2D eigenvalue weighted by Gasteiger charge is -2.30. The Morgan fingerprint density at radius 1 is 1.18 bits per heavy atom. The third-order valence-corrected chi connectivity index (χ3v) is 3.38. The van der Waals surface area contributed by atoms with Crippen LogP contribution in [0.1, 0.15) is 30.9 Å². The van der Waals surface area contributed by atoms with E-state index in [1.807, 2.05) is 0 Å². The lowest BCUT2D eigenvalue weighted by atomic mass is 9.78. The van der Waals surface area contributed by atoms with E-state index in [0.717, 1.165) is 38.0 Å². The highest BCUT2D eigenvalue weighted by Gasteiger charge is 2.24. The van der Waals surface area contributed by atoms with Crippen LogP contribution in [-0.4, -0.2) is 26.2 Å². The van der Waals surface area contributed by atoms with Crippen molar-refractivity contribution < 1.29 is 0 Å². The van der Waals surface area contributed by atoms with E-state index in [2.05, 4.69) is 48.7 Å². The van der Waals surface area contributed by atoms with Crippen LogP contribution in [0.25, 0.3) is 0 Å². The highest BCUT2D eigenvalue weighted by atomic mass is 14.9. The first-order valence-electron chi connectivity index (χ1n) is 6.76. The number of hydrogen-bond donors (Lipinski definition) is 2. The molecule has 0 spiro atoms. The van der Waals surface area contributed by atoms with Crippen LogP contribution in [0, 0.1) is 5.92 Å². The molecule has 0 bridgehead atoms. The van der Waals surface area contributed by atoms with Crippen molar-refractivity contribution in [2.24, 2.45) is 5.92 Å². The molecular formula is C15H24N2. The van der Waals surface area contributed by atoms with Gasteiger partial charge in [-0.2, -0.15) is 0 Å². The van der Waals surface area contributed by atoms with Crippen LogP contribution >= 0.6 is 0 Å². The van der Waals surface area contributed by atoms with Crippen molar-refractivity contribution in [1.82, 2.24) is 10.6 Å². The highest BCUT2D eigenvalue weighted by molar-refractivity contribution is 5.40. The molecule has 1 unspecified atom stereocenters. The Bertz CT molecular complexity index is 347. The van der Waals surface area contributed by atoms with Crippen LogP contribution in [0.15, 0.2) is 24.3 Å². The highest BCUT2D eigenvalue weighted by Crippen LogP contribution is 2.33. The summed E-state index contributed by atoms with van der Waals surface area (Å²) in [5.74, 6) is 1.49. The van der Waals surface area contributed by atoms with Crippen molar-refractivity contribution in [3.8, 4) is 0 Å². The first kappa shape index (κ1) is 12.6. The van der Waals surface area contributed by atoms with Crippen molar-refractivity contribution in [2.75, 3.05) is 26.2 Å². The van der Waals surface area contributed by atoms with Gasteiger partial charge in [-0.05, 0) is 30.0 Å². The monoisotopic (exact) mass is 232 g/mol. The Morgan fingerprint density at radius 3 is 2.71 bits per heavy atom. The average molecular weight is 232 g/mol. The summed E-state index contributed by atoms with van der Waals surface area (Å²) in [6.07, 6.45) is 1.25. The van der Waals surface area contributed by atoms with Gasteiger partial charge in [0.1, 0.15) is 0 Å². The van der Waals surface area contributed by atoms with Crippen LogP contribution < -0.4 is 10.6 Å². The maximum absolute atomic E-state index is 3.54. The second-order valence-corrected chi connectivity index (χ2v) is 5.40. The minimum atomic E-state index is 0.744. The summed E-state index contributed by atoms with van der Waals surface area (Å²) in [6, 6.07) is 8.80. The van der Waals surface area contributed by atoms with Gasteiger partial charge in [0.05, 0.1) is 0 Å². The van der Waals surface area contributed by atoms with Crippen molar-refractivity contribution in [3.63, 3.8) is 0 Å². The number of benzene rings is 1. The van der Waals surface area contributed by atoms with Crippen LogP contribution in [0.2, 0.25) is 0 Å². The zero-order chi connectivity index (χ0) is 12.1. The standard InChI is InChI=1S/C15H24N2/c1-12(2)10-16-7-8-17-11-14-9-13-5-3-4-6-15(13)14/h3-6,12,14,16-17H,7-11H2,1-2H3. The van der Waals surface area contributed by atoms with Crippen LogP contribution in [0.4, 0.5) is 0 Å². The third-order valence-electron chi connectivity index (χ3n) is 3.38. The van der Waals surface area contributed by atoms with Gasteiger partial charge in [0, 0.05) is 25.6 Å². The summed E-state index contributed by atoms with van der Waals surface area (Å²) in [7, 11) is 0. The zero-order valence-electron chi connectivity index (χ0n) is 11.0. The van der Waals surface area contributed by atoms with E-state index in [-0.39, 0.29) is 0 Å². The van der Waals surface area contributed by atoms with Gasteiger partial charge in [0.15, 0.2) is 0 Å². The van der Waals surface area contributed by atoms with Gasteiger partial charge >= 0.3 is 0 Å². The molecule has 2 nitrogen and oxygen atoms in total. The Labute approximate surface area is 105 Å². The minimum absolute atomic E-state index is 0.744. The SMILES string of the molecule is CC(C)CNCCNCC1Cc2ccccc21. The van der Waals surface area contributed by atoms with Gasteiger partial charge in [-0.25, -0.2) is 0 Å². The molecule has 1 aromatic carbocycles. The molecule has 17 heavy (non-hydrogen) atoms. The predicted molar refractivity (Wildman–Crippen MR) is 73.5 cm³/mol. The number of fused-ring (bicyclic) bond motifs is 1. The van der Waals surface area contributed by atoms with Gasteiger partial charge in [-0.3, -0.25) is 0 Å². The zero-order valence-corrected chi connectivity index (χ0v) is 11.0. The van der Waals surface area contributed by atoms with E-state index in [1.54, 1.807) is 5.56 Å². The summed E-state index contributed by atoms with van der Waals surface area (Å²) < 4.78 is 0. The van der Waals surface area contributed by atoms with Crippen molar-refractivity contribution in [3.05, 3.63) is 35.4 Å². The second kappa shape index (κ2) is 6.18. The molecule has 0 amide bonds. The van der Waals surface area contributed by atoms with E-state index >= 15 is 0 Å². The van der Waals surface area contributed by atoms with Crippen LogP contribution in [0.3, 0.4) is 0 Å². The lowest BCUT2D eigenvalue weighted by Crippen LogP contribution is -2.34. The number of hydrogen-bond acceptors (Lipinski definition) is 2. The molecular weight excluding hydrogens is 208 g/mol. The summed E-state index contributed by atoms with van der Waals surface area (Å²) >= 11 is 0. The molecule has 2 heteroatoms. The molecule has 1 aliphatic carbocycles. The fourth-order valence-corrected chi connectivity index (χ4v) is 2.39. The fraction of sp³-hybridized carbons (Fsp3) is 0.600. The number of nitrogens with one attached hydrogen (secondary N) is 2. The Balaban J connectivity index is 1.56. The Hall–Kier alpha value is -0.860. The largest absolute Gasteiger partial charge is 0.315 e. The van der Waals surface area contributed by atoms with Gasteiger partial charge in [0.2, 0.25) is 0 Å². The average Bonchev–Trinajstić information content (AvgIpc) is 2.28. The van der Waals surface area contributed by atoms with Crippen LogP contribution in [-0.2, 0) is 6.42 Å². The second-order valence-electron chi connectivity index (χ2n) is 5.40. The molecule has 0 saturated carbocycles. The Kier molecular flexibility index (Phi) is 4.57. The van der Waals surface area contributed by atoms with E-state index in [0.29, 0.717) is 0 Å². The molecule has 1 aliphatic rings. The maximum Gasteiger partial charge on any atom is 0.00769 e. The molecule has 0 aromatic heterocycles. The molecule has 0 fully saturated rings. The van der Waals surface area contributed by atoms with Crippen molar-refractivity contribution in [1.29, 1.82) is 0 Å². The Morgan fingerprint density at radius 2 is 1.94 bits per heavy atom. The molecule has 94 valence electrons. The molecule has 1 atom stereocenters. The smallest absolute Gasteiger partial charge is 0.00769 e. The van der Waals surface area contributed by atoms with Crippen molar-refractivity contribution >= 4 is 0 Å².